The van der Waals surface area contributed by atoms with Crippen LogP contribution in [0.3, 0.4) is 0 Å². The van der Waals surface area contributed by atoms with E-state index in [9.17, 15) is 8.78 Å². The summed E-state index contributed by atoms with van der Waals surface area (Å²) in [4.78, 5) is 0. The van der Waals surface area contributed by atoms with E-state index in [1.54, 1.807) is 0 Å². The lowest BCUT2D eigenvalue weighted by atomic mass is 10.2. The summed E-state index contributed by atoms with van der Waals surface area (Å²) in [6, 6.07) is 7.47. The second-order valence-corrected chi connectivity index (χ2v) is 4.22. The zero-order valence-electron chi connectivity index (χ0n) is 9.98. The number of hydrogen-bond acceptors (Lipinski definition) is 3. The van der Waals surface area contributed by atoms with Crippen molar-refractivity contribution in [3.63, 3.8) is 0 Å². The Kier molecular flexibility index (Phi) is 4.05. The molecule has 0 atom stereocenters. The number of halogens is 3. The van der Waals surface area contributed by atoms with E-state index in [2.05, 4.69) is 5.16 Å². The zero-order valence-corrected chi connectivity index (χ0v) is 10.7. The van der Waals surface area contributed by atoms with E-state index < -0.39 is 11.6 Å². The molecule has 0 amide bonds. The molecule has 2 aromatic carbocycles. The number of nitrogens with zero attached hydrogens (tertiary/aromatic N) is 1. The largest absolute Gasteiger partial charge is 0.454 e. The van der Waals surface area contributed by atoms with E-state index in [-0.39, 0.29) is 27.9 Å². The van der Waals surface area contributed by atoms with Gasteiger partial charge in [-0.25, -0.2) is 8.78 Å². The fourth-order valence-electron chi connectivity index (χ4n) is 1.47. The van der Waals surface area contributed by atoms with Crippen molar-refractivity contribution in [3.8, 4) is 11.5 Å². The molecule has 104 valence electrons. The number of oxime groups is 1. The first-order valence-electron chi connectivity index (χ1n) is 5.41. The first kappa shape index (κ1) is 14.1. The minimum Gasteiger partial charge on any atom is -0.454 e. The fraction of sp³-hybridized carbons (Fsp3) is 0. The molecular weight excluding hydrogens is 290 g/mol. The number of rotatable bonds is 3. The van der Waals surface area contributed by atoms with E-state index in [0.717, 1.165) is 12.1 Å². The van der Waals surface area contributed by atoms with Gasteiger partial charge in [0.2, 0.25) is 0 Å². The molecular formula is C13H9ClF2N2O2. The van der Waals surface area contributed by atoms with Gasteiger partial charge < -0.3 is 15.7 Å². The third kappa shape index (κ3) is 2.97. The second-order valence-electron chi connectivity index (χ2n) is 3.81. The summed E-state index contributed by atoms with van der Waals surface area (Å²) >= 11 is 5.53. The van der Waals surface area contributed by atoms with Crippen molar-refractivity contribution in [1.29, 1.82) is 0 Å². The summed E-state index contributed by atoms with van der Waals surface area (Å²) in [7, 11) is 0. The van der Waals surface area contributed by atoms with E-state index in [1.807, 2.05) is 0 Å². The lowest BCUT2D eigenvalue weighted by molar-refractivity contribution is 0.318. The average molecular weight is 299 g/mol. The molecule has 0 heterocycles. The molecule has 7 heteroatoms. The predicted molar refractivity (Wildman–Crippen MR) is 70.4 cm³/mol. The van der Waals surface area contributed by atoms with Gasteiger partial charge in [-0.1, -0.05) is 16.8 Å². The van der Waals surface area contributed by atoms with Crippen LogP contribution in [-0.4, -0.2) is 11.0 Å². The Hall–Kier alpha value is -2.34. The van der Waals surface area contributed by atoms with Crippen LogP contribution in [0.1, 0.15) is 5.56 Å². The molecule has 0 fully saturated rings. The van der Waals surface area contributed by atoms with Gasteiger partial charge in [-0.15, -0.1) is 0 Å². The van der Waals surface area contributed by atoms with Gasteiger partial charge in [0.05, 0.1) is 5.02 Å². The van der Waals surface area contributed by atoms with Gasteiger partial charge in [0, 0.05) is 11.6 Å². The summed E-state index contributed by atoms with van der Waals surface area (Å²) < 4.78 is 32.2. The van der Waals surface area contributed by atoms with Crippen LogP contribution < -0.4 is 10.5 Å². The van der Waals surface area contributed by atoms with Gasteiger partial charge in [0.15, 0.2) is 17.4 Å². The third-order valence-corrected chi connectivity index (χ3v) is 2.76. The van der Waals surface area contributed by atoms with Crippen LogP contribution in [0, 0.1) is 11.6 Å². The molecule has 0 aliphatic heterocycles. The average Bonchev–Trinajstić information content (AvgIpc) is 2.44. The highest BCUT2D eigenvalue weighted by Gasteiger charge is 2.09. The van der Waals surface area contributed by atoms with Gasteiger partial charge in [-0.3, -0.25) is 0 Å². The molecule has 0 radical (unpaired) electrons. The van der Waals surface area contributed by atoms with Crippen molar-refractivity contribution < 1.29 is 18.7 Å². The Morgan fingerprint density at radius 3 is 2.50 bits per heavy atom. The van der Waals surface area contributed by atoms with Crippen LogP contribution in [-0.2, 0) is 0 Å². The van der Waals surface area contributed by atoms with E-state index in [1.165, 1.54) is 24.3 Å². The van der Waals surface area contributed by atoms with Crippen LogP contribution in [0.15, 0.2) is 41.6 Å². The maximum Gasteiger partial charge on any atom is 0.170 e. The molecule has 4 nitrogen and oxygen atoms in total. The zero-order chi connectivity index (χ0) is 14.7. The topological polar surface area (TPSA) is 67.8 Å². The molecule has 0 unspecified atom stereocenters. The Labute approximate surface area is 118 Å². The molecule has 0 aromatic heterocycles. The van der Waals surface area contributed by atoms with Crippen molar-refractivity contribution >= 4 is 17.4 Å². The lowest BCUT2D eigenvalue weighted by Crippen LogP contribution is -2.13. The maximum absolute atomic E-state index is 13.8. The minimum absolute atomic E-state index is 0.0555. The molecule has 0 spiro atoms. The predicted octanol–water partition coefficient (Wildman–Crippen LogP) is 3.51. The van der Waals surface area contributed by atoms with Crippen LogP contribution in [0.5, 0.6) is 11.5 Å². The molecule has 2 aromatic rings. The van der Waals surface area contributed by atoms with E-state index in [4.69, 9.17) is 27.3 Å². The van der Waals surface area contributed by atoms with Crippen molar-refractivity contribution in [2.24, 2.45) is 10.9 Å². The highest BCUT2D eigenvalue weighted by Crippen LogP contribution is 2.27. The van der Waals surface area contributed by atoms with Gasteiger partial charge >= 0.3 is 0 Å². The molecule has 20 heavy (non-hydrogen) atoms. The minimum atomic E-state index is -0.732. The molecule has 0 bridgehead atoms. The fourth-order valence-corrected chi connectivity index (χ4v) is 1.59. The number of amidine groups is 1. The van der Waals surface area contributed by atoms with Gasteiger partial charge in [0.1, 0.15) is 11.6 Å². The quantitative estimate of drug-likeness (QED) is 0.394. The lowest BCUT2D eigenvalue weighted by Gasteiger charge is -2.08. The van der Waals surface area contributed by atoms with Crippen molar-refractivity contribution in [3.05, 3.63) is 58.6 Å². The molecule has 0 aliphatic rings. The van der Waals surface area contributed by atoms with E-state index >= 15 is 0 Å². The number of hydrogen-bond donors (Lipinski definition) is 2. The maximum atomic E-state index is 13.8. The Balaban J connectivity index is 2.28. The van der Waals surface area contributed by atoms with Gasteiger partial charge in [-0.05, 0) is 30.3 Å². The monoisotopic (exact) mass is 298 g/mol. The van der Waals surface area contributed by atoms with Gasteiger partial charge in [0.25, 0.3) is 0 Å². The standard InChI is InChI=1S/C13H9ClF2N2O2/c14-9-3-2-8(6-10(9)15)20-12-4-1-7(5-11(12)16)13(17)18-19/h1-6,19H,(H2,17,18). The van der Waals surface area contributed by atoms with Gasteiger partial charge in [-0.2, -0.15) is 0 Å². The number of ether oxygens (including phenoxy) is 1. The van der Waals surface area contributed by atoms with E-state index in [0.29, 0.717) is 0 Å². The Bertz CT molecular complexity index is 677. The summed E-state index contributed by atoms with van der Waals surface area (Å²) in [6.45, 7) is 0. The Morgan fingerprint density at radius 2 is 1.90 bits per heavy atom. The SMILES string of the molecule is N/C(=N/O)c1ccc(Oc2ccc(Cl)c(F)c2)c(F)c1. The highest BCUT2D eigenvalue weighted by molar-refractivity contribution is 6.30. The first-order valence-corrected chi connectivity index (χ1v) is 5.79. The smallest absolute Gasteiger partial charge is 0.170 e. The van der Waals surface area contributed by atoms with Crippen molar-refractivity contribution in [2.75, 3.05) is 0 Å². The molecule has 2 rings (SSSR count). The van der Waals surface area contributed by atoms with Crippen LogP contribution >= 0.6 is 11.6 Å². The van der Waals surface area contributed by atoms with Crippen molar-refractivity contribution in [2.45, 2.75) is 0 Å². The van der Waals surface area contributed by atoms with Crippen molar-refractivity contribution in [1.82, 2.24) is 0 Å². The normalized spacial score (nSPS) is 11.4. The summed E-state index contributed by atoms with van der Waals surface area (Å²) in [6.07, 6.45) is 0. The molecule has 3 N–H and O–H groups in total. The number of benzene rings is 2. The van der Waals surface area contributed by atoms with Crippen LogP contribution in [0.2, 0.25) is 5.02 Å². The first-order chi connectivity index (χ1) is 9.51. The van der Waals surface area contributed by atoms with Crippen LogP contribution in [0.25, 0.3) is 0 Å². The second kappa shape index (κ2) is 5.75. The summed E-state index contributed by atoms with van der Waals surface area (Å²) in [5.41, 5.74) is 5.52. The Morgan fingerprint density at radius 1 is 1.15 bits per heavy atom. The van der Waals surface area contributed by atoms with Crippen LogP contribution in [0.4, 0.5) is 8.78 Å². The summed E-state index contributed by atoms with van der Waals surface area (Å²) in [5.74, 6) is -1.65. The highest BCUT2D eigenvalue weighted by atomic mass is 35.5. The number of nitrogens with two attached hydrogens (primary N) is 1. The summed E-state index contributed by atoms with van der Waals surface area (Å²) in [5, 5.41) is 11.2. The molecule has 0 aliphatic carbocycles. The molecule has 0 saturated carbocycles. The molecule has 0 saturated heterocycles. The third-order valence-electron chi connectivity index (χ3n) is 2.45.